The van der Waals surface area contributed by atoms with Crippen LogP contribution in [0.15, 0.2) is 17.4 Å². The van der Waals surface area contributed by atoms with Crippen LogP contribution in [0.25, 0.3) is 11.2 Å². The molecule has 1 saturated heterocycles. The van der Waals surface area contributed by atoms with Crippen molar-refractivity contribution in [1.82, 2.24) is 19.5 Å². The summed E-state index contributed by atoms with van der Waals surface area (Å²) in [5.41, 5.74) is 0.124. The van der Waals surface area contributed by atoms with Crippen LogP contribution in [0.3, 0.4) is 0 Å². The fourth-order valence-corrected chi connectivity index (χ4v) is 4.12. The van der Waals surface area contributed by atoms with Gasteiger partial charge in [0.25, 0.3) is 5.56 Å². The summed E-state index contributed by atoms with van der Waals surface area (Å²) in [5, 5.41) is 10.4. The van der Waals surface area contributed by atoms with E-state index in [4.69, 9.17) is 9.26 Å². The lowest BCUT2D eigenvalue weighted by atomic mass is 10.2. The fraction of sp³-hybridized carbons (Fsp3) is 0.545. The number of hydrogen-bond acceptors (Lipinski definition) is 7. The summed E-state index contributed by atoms with van der Waals surface area (Å²) in [6.07, 6.45) is 0.192. The molecule has 1 unspecified atom stereocenters. The van der Waals surface area contributed by atoms with Gasteiger partial charge in [0, 0.05) is 0 Å². The lowest BCUT2D eigenvalue weighted by Crippen LogP contribution is -2.38. The summed E-state index contributed by atoms with van der Waals surface area (Å²) < 4.78 is 23.6. The van der Waals surface area contributed by atoms with Gasteiger partial charge < -0.3 is 24.3 Å². The van der Waals surface area contributed by atoms with E-state index >= 15 is 0 Å². The van der Waals surface area contributed by atoms with Gasteiger partial charge in [-0.2, -0.15) is 0 Å². The summed E-state index contributed by atoms with van der Waals surface area (Å²) >= 11 is 0. The number of hydrogen-bond donors (Lipinski definition) is 3. The second-order valence-corrected chi connectivity index (χ2v) is 7.13. The number of nitrogens with zero attached hydrogens (tertiary/aromatic N) is 3. The minimum atomic E-state index is -3.83. The molecule has 2 aromatic heterocycles. The number of imidazole rings is 1. The molecule has 1 saturated carbocycles. The fourth-order valence-electron chi connectivity index (χ4n) is 3.04. The predicted molar refractivity (Wildman–Crippen MR) is 72.2 cm³/mol. The van der Waals surface area contributed by atoms with Crippen LogP contribution in [-0.4, -0.2) is 54.2 Å². The highest BCUT2D eigenvalue weighted by atomic mass is 31.2. The van der Waals surface area contributed by atoms with Crippen LogP contribution >= 0.6 is 7.60 Å². The molecule has 3 N–H and O–H groups in total. The van der Waals surface area contributed by atoms with Crippen molar-refractivity contribution in [2.45, 2.75) is 30.8 Å². The Morgan fingerprint density at radius 2 is 2.27 bits per heavy atom. The van der Waals surface area contributed by atoms with Gasteiger partial charge in [0.1, 0.15) is 18.6 Å². The first kappa shape index (κ1) is 14.0. The number of aliphatic hydroxyl groups excluding tert-OH is 1. The van der Waals surface area contributed by atoms with Crippen LogP contribution in [0.1, 0.15) is 12.5 Å². The first-order valence-electron chi connectivity index (χ1n) is 6.66. The molecule has 4 rings (SSSR count). The van der Waals surface area contributed by atoms with Crippen molar-refractivity contribution < 1.29 is 23.8 Å². The number of aromatic nitrogens is 4. The monoisotopic (exact) mass is 328 g/mol. The van der Waals surface area contributed by atoms with E-state index in [0.717, 1.165) is 0 Å². The van der Waals surface area contributed by atoms with E-state index < -0.39 is 38.3 Å². The molecule has 22 heavy (non-hydrogen) atoms. The van der Waals surface area contributed by atoms with E-state index in [9.17, 15) is 19.4 Å². The average molecular weight is 328 g/mol. The second kappa shape index (κ2) is 4.71. The Bertz CT molecular complexity index is 833. The summed E-state index contributed by atoms with van der Waals surface area (Å²) in [4.78, 5) is 31.7. The number of nitrogens with one attached hydrogen (secondary N) is 1. The van der Waals surface area contributed by atoms with E-state index in [1.54, 1.807) is 4.57 Å². The highest BCUT2D eigenvalue weighted by Crippen LogP contribution is 2.52. The normalized spacial score (nSPS) is 38.3. The van der Waals surface area contributed by atoms with Crippen LogP contribution in [0.4, 0.5) is 0 Å². The number of aliphatic hydroxyl groups is 1. The molecule has 5 atom stereocenters. The highest BCUT2D eigenvalue weighted by molar-refractivity contribution is 7.52. The van der Waals surface area contributed by atoms with Gasteiger partial charge in [-0.1, -0.05) is 0 Å². The van der Waals surface area contributed by atoms with E-state index in [0.29, 0.717) is 12.1 Å². The van der Waals surface area contributed by atoms with Gasteiger partial charge in [0.15, 0.2) is 11.2 Å². The standard InChI is InChI=1S/C11H13N4O6P/c16-8-5(1-6-9(8)21-22(18,19)4-20-6)15-3-14-7-10(15)12-2-13-11(7)17/h2-3,5-6,8-9,16H,1,4H2,(H,18,19)(H,12,13,17)/t5-,6+,8+,9-/m1/s1. The largest absolute Gasteiger partial charge is 0.388 e. The maximum atomic E-state index is 11.7. The second-order valence-electron chi connectivity index (χ2n) is 5.39. The van der Waals surface area contributed by atoms with Crippen molar-refractivity contribution in [2.75, 3.05) is 6.35 Å². The van der Waals surface area contributed by atoms with Crippen LogP contribution in [0.5, 0.6) is 0 Å². The van der Waals surface area contributed by atoms with E-state index in [1.165, 1.54) is 12.7 Å². The van der Waals surface area contributed by atoms with E-state index in [-0.39, 0.29) is 11.1 Å². The van der Waals surface area contributed by atoms with Gasteiger partial charge in [-0.05, 0) is 6.42 Å². The molecule has 0 amide bonds. The van der Waals surface area contributed by atoms with Crippen molar-refractivity contribution >= 4 is 18.8 Å². The van der Waals surface area contributed by atoms with Gasteiger partial charge in [-0.3, -0.25) is 13.9 Å². The molecule has 0 spiro atoms. The smallest absolute Gasteiger partial charge is 0.354 e. The molecule has 10 nitrogen and oxygen atoms in total. The molecule has 2 fully saturated rings. The van der Waals surface area contributed by atoms with E-state index in [2.05, 4.69) is 15.0 Å². The topological polar surface area (TPSA) is 140 Å². The minimum Gasteiger partial charge on any atom is -0.388 e. The Labute approximate surface area is 123 Å². The summed E-state index contributed by atoms with van der Waals surface area (Å²) in [6.45, 7) is 0. The molecule has 118 valence electrons. The van der Waals surface area contributed by atoms with Crippen LogP contribution in [-0.2, 0) is 13.8 Å². The average Bonchev–Trinajstić information content (AvgIpc) is 3.01. The molecular weight excluding hydrogens is 315 g/mol. The summed E-state index contributed by atoms with van der Waals surface area (Å²) in [7, 11) is -3.83. The zero-order valence-corrected chi connectivity index (χ0v) is 12.1. The Hall–Kier alpha value is -1.58. The predicted octanol–water partition coefficient (Wildman–Crippen LogP) is -0.648. The number of rotatable bonds is 1. The molecule has 0 aromatic carbocycles. The number of fused-ring (bicyclic) bond motifs is 2. The maximum absolute atomic E-state index is 11.7. The zero-order valence-electron chi connectivity index (χ0n) is 11.2. The molecule has 2 aromatic rings. The number of ether oxygens (including phenoxy) is 1. The van der Waals surface area contributed by atoms with Gasteiger partial charge in [-0.15, -0.1) is 0 Å². The quantitative estimate of drug-likeness (QED) is 0.587. The summed E-state index contributed by atoms with van der Waals surface area (Å²) in [6, 6.07) is -0.507. The van der Waals surface area contributed by atoms with Crippen LogP contribution in [0.2, 0.25) is 0 Å². The Morgan fingerprint density at radius 3 is 3.09 bits per heavy atom. The van der Waals surface area contributed by atoms with Crippen molar-refractivity contribution in [2.24, 2.45) is 0 Å². The van der Waals surface area contributed by atoms with Gasteiger partial charge in [-0.25, -0.2) is 9.97 Å². The van der Waals surface area contributed by atoms with Crippen molar-refractivity contribution in [3.8, 4) is 0 Å². The molecule has 3 heterocycles. The van der Waals surface area contributed by atoms with Gasteiger partial charge >= 0.3 is 7.60 Å². The first-order valence-corrected chi connectivity index (χ1v) is 8.43. The highest BCUT2D eigenvalue weighted by Gasteiger charge is 2.51. The minimum absolute atomic E-state index is 0.166. The zero-order chi connectivity index (χ0) is 15.5. The third-order valence-electron chi connectivity index (χ3n) is 4.03. The Morgan fingerprint density at radius 1 is 1.45 bits per heavy atom. The maximum Gasteiger partial charge on any atom is 0.354 e. The molecule has 1 aliphatic heterocycles. The lowest BCUT2D eigenvalue weighted by Gasteiger charge is -2.30. The summed E-state index contributed by atoms with van der Waals surface area (Å²) in [5.74, 6) is 0. The first-order chi connectivity index (χ1) is 10.5. The van der Waals surface area contributed by atoms with Gasteiger partial charge in [0.2, 0.25) is 0 Å². The SMILES string of the molecule is O=c1[nH]cnc2c1ncn2[C@@H]1C[C@@H]2OCP(=O)(O)O[C@H]2[C@H]1O. The molecule has 11 heteroatoms. The molecule has 1 aliphatic carbocycles. The number of H-pyrrole nitrogens is 1. The van der Waals surface area contributed by atoms with Crippen LogP contribution < -0.4 is 5.56 Å². The molecule has 0 bridgehead atoms. The van der Waals surface area contributed by atoms with Gasteiger partial charge in [0.05, 0.1) is 24.8 Å². The third-order valence-corrected chi connectivity index (χ3v) is 5.08. The number of aromatic amines is 1. The van der Waals surface area contributed by atoms with Crippen LogP contribution in [0, 0.1) is 0 Å². The van der Waals surface area contributed by atoms with E-state index in [1.807, 2.05) is 0 Å². The van der Waals surface area contributed by atoms with Crippen molar-refractivity contribution in [3.63, 3.8) is 0 Å². The third kappa shape index (κ3) is 2.03. The Kier molecular flexibility index (Phi) is 3.00. The lowest BCUT2D eigenvalue weighted by molar-refractivity contribution is -0.0671. The van der Waals surface area contributed by atoms with Crippen molar-refractivity contribution in [3.05, 3.63) is 23.0 Å². The molecular formula is C11H13N4O6P. The molecule has 0 radical (unpaired) electrons. The Balaban J connectivity index is 1.73. The van der Waals surface area contributed by atoms with Crippen molar-refractivity contribution in [1.29, 1.82) is 0 Å². The molecule has 2 aliphatic rings.